The number of amides is 1. The summed E-state index contributed by atoms with van der Waals surface area (Å²) in [5, 5.41) is 1.66. The summed E-state index contributed by atoms with van der Waals surface area (Å²) in [7, 11) is 0. The van der Waals surface area contributed by atoms with Crippen LogP contribution in [0.15, 0.2) is 17.4 Å². The molecule has 10 heavy (non-hydrogen) atoms. The molecule has 0 spiro atoms. The van der Waals surface area contributed by atoms with Crippen LogP contribution in [0.5, 0.6) is 0 Å². The fourth-order valence-corrected chi connectivity index (χ4v) is 0.661. The van der Waals surface area contributed by atoms with Crippen molar-refractivity contribution in [2.75, 3.05) is 6.54 Å². The van der Waals surface area contributed by atoms with Gasteiger partial charge in [-0.25, -0.2) is 0 Å². The van der Waals surface area contributed by atoms with Crippen molar-refractivity contribution in [2.24, 2.45) is 4.99 Å². The first-order valence-corrected chi connectivity index (χ1v) is 3.01. The first kappa shape index (κ1) is 6.80. The topological polar surface area (TPSA) is 44.7 Å². The van der Waals surface area contributed by atoms with Crippen LogP contribution < -0.4 is 5.43 Å². The molecule has 1 aliphatic heterocycles. The zero-order chi connectivity index (χ0) is 7.40. The molecule has 0 radical (unpaired) electrons. The molecule has 0 aliphatic carbocycles. The van der Waals surface area contributed by atoms with Crippen molar-refractivity contribution in [3.63, 3.8) is 0 Å². The Hall–Kier alpha value is -1.32. The molecule has 1 N–H and O–H groups in total. The van der Waals surface area contributed by atoms with E-state index in [1.165, 1.54) is 6.92 Å². The van der Waals surface area contributed by atoms with Crippen LogP contribution in [0.1, 0.15) is 6.92 Å². The number of hydrazine groups is 1. The monoisotopic (exact) mass is 139 g/mol. The fourth-order valence-electron chi connectivity index (χ4n) is 0.661. The average molecular weight is 139 g/mol. The Morgan fingerprint density at radius 3 is 3.10 bits per heavy atom. The Bertz CT molecular complexity index is 185. The van der Waals surface area contributed by atoms with E-state index in [1.54, 1.807) is 23.6 Å². The molecule has 0 aromatic carbocycles. The third-order valence-corrected chi connectivity index (χ3v) is 1.02. The van der Waals surface area contributed by atoms with Gasteiger partial charge < -0.3 is 0 Å². The maximum absolute atomic E-state index is 10.5. The van der Waals surface area contributed by atoms with Crippen LogP contribution in [0.25, 0.3) is 0 Å². The molecule has 1 amide bonds. The van der Waals surface area contributed by atoms with Crippen molar-refractivity contribution >= 4 is 12.1 Å². The normalized spacial score (nSPS) is 15.5. The predicted octanol–water partition coefficient (Wildman–Crippen LogP) is -0.105. The van der Waals surface area contributed by atoms with Crippen LogP contribution in [-0.2, 0) is 4.79 Å². The number of carbonyl (C=O) groups is 1. The molecule has 0 aromatic rings. The van der Waals surface area contributed by atoms with Gasteiger partial charge in [0, 0.05) is 25.5 Å². The molecule has 4 nitrogen and oxygen atoms in total. The SMILES string of the molecule is CC(=O)NN1C=CN=CC1. The molecule has 0 saturated heterocycles. The van der Waals surface area contributed by atoms with Gasteiger partial charge in [0.05, 0.1) is 6.54 Å². The summed E-state index contributed by atoms with van der Waals surface area (Å²) in [4.78, 5) is 14.3. The molecule has 0 aromatic heterocycles. The van der Waals surface area contributed by atoms with Gasteiger partial charge in [0.1, 0.15) is 0 Å². The summed E-state index contributed by atoms with van der Waals surface area (Å²) in [5.41, 5.74) is 2.60. The highest BCUT2D eigenvalue weighted by Gasteiger charge is 1.99. The van der Waals surface area contributed by atoms with E-state index in [1.807, 2.05) is 0 Å². The molecular formula is C6H9N3O. The molecule has 1 rings (SSSR count). The van der Waals surface area contributed by atoms with Crippen molar-refractivity contribution in [3.05, 3.63) is 12.4 Å². The van der Waals surface area contributed by atoms with Gasteiger partial charge in [0.15, 0.2) is 0 Å². The van der Waals surface area contributed by atoms with Gasteiger partial charge in [-0.05, 0) is 0 Å². The second-order valence-corrected chi connectivity index (χ2v) is 1.95. The Morgan fingerprint density at radius 2 is 2.60 bits per heavy atom. The van der Waals surface area contributed by atoms with E-state index in [4.69, 9.17) is 0 Å². The van der Waals surface area contributed by atoms with Crippen LogP contribution in [0.3, 0.4) is 0 Å². The van der Waals surface area contributed by atoms with Gasteiger partial charge in [-0.1, -0.05) is 0 Å². The lowest BCUT2D eigenvalue weighted by Gasteiger charge is -2.19. The number of rotatable bonds is 1. The maximum Gasteiger partial charge on any atom is 0.235 e. The van der Waals surface area contributed by atoms with E-state index in [0.29, 0.717) is 6.54 Å². The molecule has 0 saturated carbocycles. The van der Waals surface area contributed by atoms with E-state index in [0.717, 1.165) is 0 Å². The minimum atomic E-state index is -0.0695. The molecule has 1 aliphatic rings. The molecule has 0 unspecified atom stereocenters. The van der Waals surface area contributed by atoms with E-state index < -0.39 is 0 Å². The van der Waals surface area contributed by atoms with Gasteiger partial charge in [0.25, 0.3) is 0 Å². The minimum absolute atomic E-state index is 0.0695. The zero-order valence-corrected chi connectivity index (χ0v) is 5.74. The van der Waals surface area contributed by atoms with Crippen molar-refractivity contribution in [3.8, 4) is 0 Å². The van der Waals surface area contributed by atoms with Crippen LogP contribution >= 0.6 is 0 Å². The Morgan fingerprint density at radius 1 is 1.80 bits per heavy atom. The smallest absolute Gasteiger partial charge is 0.235 e. The molecule has 0 fully saturated rings. The third-order valence-electron chi connectivity index (χ3n) is 1.02. The Balaban J connectivity index is 2.37. The number of carbonyl (C=O) groups excluding carboxylic acids is 1. The van der Waals surface area contributed by atoms with Gasteiger partial charge in [-0.2, -0.15) is 0 Å². The van der Waals surface area contributed by atoms with Crippen LogP contribution in [-0.4, -0.2) is 23.7 Å². The Kier molecular flexibility index (Phi) is 2.04. The highest BCUT2D eigenvalue weighted by atomic mass is 16.2. The van der Waals surface area contributed by atoms with Crippen LogP contribution in [0.2, 0.25) is 0 Å². The minimum Gasteiger partial charge on any atom is -0.286 e. The average Bonchev–Trinajstić information content (AvgIpc) is 1.88. The number of aliphatic imine (C=N–C) groups is 1. The summed E-state index contributed by atoms with van der Waals surface area (Å²) >= 11 is 0. The molecule has 1 heterocycles. The third kappa shape index (κ3) is 1.89. The number of hydrogen-bond donors (Lipinski definition) is 1. The molecular weight excluding hydrogens is 130 g/mol. The number of hydrogen-bond acceptors (Lipinski definition) is 3. The zero-order valence-electron chi connectivity index (χ0n) is 5.74. The summed E-state index contributed by atoms with van der Waals surface area (Å²) < 4.78 is 0. The lowest BCUT2D eigenvalue weighted by atomic mass is 10.6. The summed E-state index contributed by atoms with van der Waals surface area (Å²) in [6.45, 7) is 2.11. The number of nitrogens with one attached hydrogen (secondary N) is 1. The first-order valence-electron chi connectivity index (χ1n) is 3.01. The van der Waals surface area contributed by atoms with Crippen LogP contribution in [0, 0.1) is 0 Å². The van der Waals surface area contributed by atoms with Gasteiger partial charge >= 0.3 is 0 Å². The summed E-state index contributed by atoms with van der Waals surface area (Å²) in [6.07, 6.45) is 5.05. The highest BCUT2D eigenvalue weighted by Crippen LogP contribution is 1.88. The van der Waals surface area contributed by atoms with Gasteiger partial charge in [0.2, 0.25) is 5.91 Å². The lowest BCUT2D eigenvalue weighted by Crippen LogP contribution is -2.38. The highest BCUT2D eigenvalue weighted by molar-refractivity contribution is 5.73. The lowest BCUT2D eigenvalue weighted by molar-refractivity contribution is -0.122. The van der Waals surface area contributed by atoms with Crippen LogP contribution in [0.4, 0.5) is 0 Å². The van der Waals surface area contributed by atoms with Crippen molar-refractivity contribution in [1.82, 2.24) is 10.4 Å². The second-order valence-electron chi connectivity index (χ2n) is 1.95. The molecule has 54 valence electrons. The molecule has 0 bridgehead atoms. The van der Waals surface area contributed by atoms with Gasteiger partial charge in [-0.15, -0.1) is 0 Å². The summed E-state index contributed by atoms with van der Waals surface area (Å²) in [5.74, 6) is -0.0695. The van der Waals surface area contributed by atoms with Crippen molar-refractivity contribution in [2.45, 2.75) is 6.92 Å². The first-order chi connectivity index (χ1) is 4.79. The van der Waals surface area contributed by atoms with E-state index in [9.17, 15) is 4.79 Å². The number of nitrogens with zero attached hydrogens (tertiary/aromatic N) is 2. The second kappa shape index (κ2) is 3.00. The maximum atomic E-state index is 10.5. The Labute approximate surface area is 59.2 Å². The largest absolute Gasteiger partial charge is 0.286 e. The quantitative estimate of drug-likeness (QED) is 0.551. The van der Waals surface area contributed by atoms with Gasteiger partial charge in [-0.3, -0.25) is 20.2 Å². The van der Waals surface area contributed by atoms with Crippen molar-refractivity contribution < 1.29 is 4.79 Å². The predicted molar refractivity (Wildman–Crippen MR) is 38.2 cm³/mol. The summed E-state index contributed by atoms with van der Waals surface area (Å²) in [6, 6.07) is 0. The van der Waals surface area contributed by atoms with E-state index in [-0.39, 0.29) is 5.91 Å². The van der Waals surface area contributed by atoms with E-state index >= 15 is 0 Å². The standard InChI is InChI=1S/C6H9N3O/c1-6(10)8-9-4-2-7-3-5-9/h2-4H,5H2,1H3,(H,8,10). The van der Waals surface area contributed by atoms with Crippen molar-refractivity contribution in [1.29, 1.82) is 0 Å². The fraction of sp³-hybridized carbons (Fsp3) is 0.333. The molecule has 0 atom stereocenters. The molecule has 4 heteroatoms. The van der Waals surface area contributed by atoms with E-state index in [2.05, 4.69) is 10.4 Å².